The molecular formula is C9H11NO. The van der Waals surface area contributed by atoms with Gasteiger partial charge in [0.05, 0.1) is 0 Å². The first-order valence-corrected chi connectivity index (χ1v) is 3.62. The summed E-state index contributed by atoms with van der Waals surface area (Å²) in [4.78, 5) is 0. The Kier molecular flexibility index (Phi) is 2.26. The summed E-state index contributed by atoms with van der Waals surface area (Å²) < 4.78 is 0.839. The molecule has 0 aliphatic heterocycles. The molecule has 0 aliphatic carbocycles. The highest BCUT2D eigenvalue weighted by atomic mass is 16.5. The summed E-state index contributed by atoms with van der Waals surface area (Å²) in [6.07, 6.45) is 4.02. The van der Waals surface area contributed by atoms with Crippen molar-refractivity contribution in [2.75, 3.05) is 0 Å². The van der Waals surface area contributed by atoms with Gasteiger partial charge in [0.1, 0.15) is 0 Å². The molecule has 0 aliphatic rings. The molecule has 0 unspecified atom stereocenters. The molecule has 0 amide bonds. The Balaban J connectivity index is 3.09. The van der Waals surface area contributed by atoms with Gasteiger partial charge in [0.25, 0.3) is 0 Å². The van der Waals surface area contributed by atoms with Gasteiger partial charge in [-0.2, -0.15) is 4.73 Å². The van der Waals surface area contributed by atoms with Crippen molar-refractivity contribution in [3.63, 3.8) is 0 Å². The quantitative estimate of drug-likeness (QED) is 0.462. The third-order valence-electron chi connectivity index (χ3n) is 1.62. The van der Waals surface area contributed by atoms with Gasteiger partial charge in [0.15, 0.2) is 6.20 Å². The highest BCUT2D eigenvalue weighted by Gasteiger charge is 1.99. The van der Waals surface area contributed by atoms with Crippen molar-refractivity contribution < 1.29 is 4.73 Å². The van der Waals surface area contributed by atoms with Gasteiger partial charge in [-0.1, -0.05) is 13.5 Å². The zero-order valence-electron chi connectivity index (χ0n) is 6.58. The fraction of sp³-hybridized carbons (Fsp3) is 0.222. The average molecular weight is 149 g/mol. The maximum absolute atomic E-state index is 11.1. The lowest BCUT2D eigenvalue weighted by Gasteiger charge is -2.01. The third kappa shape index (κ3) is 1.58. The molecule has 1 aromatic heterocycles. The Hall–Kier alpha value is -1.31. The summed E-state index contributed by atoms with van der Waals surface area (Å²) in [5.41, 5.74) is 1.65. The van der Waals surface area contributed by atoms with E-state index in [9.17, 15) is 5.21 Å². The molecule has 2 heteroatoms. The van der Waals surface area contributed by atoms with Gasteiger partial charge in [-0.25, -0.2) is 0 Å². The molecule has 0 atom stereocenters. The third-order valence-corrected chi connectivity index (χ3v) is 1.62. The normalized spacial score (nSPS) is 9.55. The van der Waals surface area contributed by atoms with Crippen molar-refractivity contribution in [1.82, 2.24) is 0 Å². The van der Waals surface area contributed by atoms with Crippen LogP contribution in [0, 0.1) is 5.21 Å². The van der Waals surface area contributed by atoms with Gasteiger partial charge in [0, 0.05) is 17.7 Å². The first-order chi connectivity index (χ1) is 5.27. The van der Waals surface area contributed by atoms with E-state index < -0.39 is 0 Å². The van der Waals surface area contributed by atoms with E-state index in [2.05, 4.69) is 6.58 Å². The number of hydrogen-bond donors (Lipinski definition) is 0. The van der Waals surface area contributed by atoms with E-state index in [-0.39, 0.29) is 0 Å². The van der Waals surface area contributed by atoms with Crippen LogP contribution in [0.3, 0.4) is 0 Å². The van der Waals surface area contributed by atoms with Crippen LogP contribution in [-0.4, -0.2) is 0 Å². The van der Waals surface area contributed by atoms with Crippen LogP contribution in [0.15, 0.2) is 24.9 Å². The molecule has 0 fully saturated rings. The Morgan fingerprint density at radius 3 is 2.82 bits per heavy atom. The van der Waals surface area contributed by atoms with Crippen molar-refractivity contribution in [2.45, 2.75) is 13.3 Å². The first-order valence-electron chi connectivity index (χ1n) is 3.62. The highest BCUT2D eigenvalue weighted by Crippen LogP contribution is 1.99. The second-order valence-electron chi connectivity index (χ2n) is 2.35. The predicted molar refractivity (Wildman–Crippen MR) is 44.9 cm³/mol. The van der Waals surface area contributed by atoms with Gasteiger partial charge >= 0.3 is 0 Å². The van der Waals surface area contributed by atoms with Gasteiger partial charge < -0.3 is 5.21 Å². The van der Waals surface area contributed by atoms with E-state index in [1.165, 1.54) is 0 Å². The number of aromatic nitrogens is 1. The summed E-state index contributed by atoms with van der Waals surface area (Å²) in [7, 11) is 0. The second-order valence-corrected chi connectivity index (χ2v) is 2.35. The summed E-state index contributed by atoms with van der Waals surface area (Å²) in [5.74, 6) is 0. The van der Waals surface area contributed by atoms with Crippen LogP contribution in [-0.2, 0) is 6.42 Å². The Morgan fingerprint density at radius 1 is 1.64 bits per heavy atom. The second kappa shape index (κ2) is 3.19. The monoisotopic (exact) mass is 149 g/mol. The van der Waals surface area contributed by atoms with Crippen molar-refractivity contribution in [1.29, 1.82) is 0 Å². The fourth-order valence-corrected chi connectivity index (χ4v) is 0.901. The Bertz CT molecular complexity index is 268. The maximum Gasteiger partial charge on any atom is 0.215 e. The smallest absolute Gasteiger partial charge is 0.215 e. The summed E-state index contributed by atoms with van der Waals surface area (Å²) >= 11 is 0. The predicted octanol–water partition coefficient (Wildman–Crippen LogP) is 1.53. The van der Waals surface area contributed by atoms with Gasteiger partial charge in [0.2, 0.25) is 5.69 Å². The molecule has 58 valence electrons. The SMILES string of the molecule is C=Cc1ccc(CC)c[n+]1[O-]. The Morgan fingerprint density at radius 2 is 2.36 bits per heavy atom. The number of pyridine rings is 1. The molecule has 0 spiro atoms. The fourth-order valence-electron chi connectivity index (χ4n) is 0.901. The molecule has 0 saturated heterocycles. The zero-order chi connectivity index (χ0) is 8.27. The lowest BCUT2D eigenvalue weighted by molar-refractivity contribution is -0.607. The minimum absolute atomic E-state index is 0.599. The number of nitrogens with zero attached hydrogens (tertiary/aromatic N) is 1. The van der Waals surface area contributed by atoms with Crippen molar-refractivity contribution in [3.8, 4) is 0 Å². The Labute approximate surface area is 66.4 Å². The van der Waals surface area contributed by atoms with Crippen molar-refractivity contribution >= 4 is 6.08 Å². The molecule has 0 N–H and O–H groups in total. The topological polar surface area (TPSA) is 26.9 Å². The molecule has 0 radical (unpaired) electrons. The van der Waals surface area contributed by atoms with Crippen LogP contribution in [0.2, 0.25) is 0 Å². The van der Waals surface area contributed by atoms with E-state index in [1.54, 1.807) is 18.3 Å². The minimum atomic E-state index is 0.599. The summed E-state index contributed by atoms with van der Waals surface area (Å²) in [5, 5.41) is 11.1. The van der Waals surface area contributed by atoms with Gasteiger partial charge in [-0.05, 0) is 12.5 Å². The lowest BCUT2D eigenvalue weighted by Crippen LogP contribution is -2.29. The average Bonchev–Trinajstić information content (AvgIpc) is 2.04. The van der Waals surface area contributed by atoms with E-state index in [1.807, 2.05) is 13.0 Å². The van der Waals surface area contributed by atoms with Crippen LogP contribution in [0.5, 0.6) is 0 Å². The molecule has 11 heavy (non-hydrogen) atoms. The van der Waals surface area contributed by atoms with Gasteiger partial charge in [-0.3, -0.25) is 0 Å². The number of aryl methyl sites for hydroxylation is 1. The highest BCUT2D eigenvalue weighted by molar-refractivity contribution is 5.37. The molecule has 1 heterocycles. The van der Waals surface area contributed by atoms with Crippen LogP contribution >= 0.6 is 0 Å². The molecule has 0 aromatic carbocycles. The number of hydrogen-bond acceptors (Lipinski definition) is 1. The largest absolute Gasteiger partial charge is 0.618 e. The molecule has 0 saturated carbocycles. The summed E-state index contributed by atoms with van der Waals surface area (Å²) in [6.45, 7) is 5.54. The molecule has 0 bridgehead atoms. The van der Waals surface area contributed by atoms with Crippen molar-refractivity contribution in [3.05, 3.63) is 41.4 Å². The number of rotatable bonds is 2. The van der Waals surface area contributed by atoms with E-state index >= 15 is 0 Å². The zero-order valence-corrected chi connectivity index (χ0v) is 6.58. The molecule has 2 nitrogen and oxygen atoms in total. The maximum atomic E-state index is 11.1. The molecular weight excluding hydrogens is 138 g/mol. The standard InChI is InChI=1S/C9H11NO/c1-3-8-5-6-9(4-2)10(11)7-8/h4-7H,2-3H2,1H3. The van der Waals surface area contributed by atoms with Crippen LogP contribution in [0.4, 0.5) is 0 Å². The molecule has 1 rings (SSSR count). The lowest BCUT2D eigenvalue weighted by atomic mass is 10.2. The molecule has 1 aromatic rings. The van der Waals surface area contributed by atoms with Gasteiger partial charge in [-0.15, -0.1) is 0 Å². The van der Waals surface area contributed by atoms with E-state index in [4.69, 9.17) is 0 Å². The minimum Gasteiger partial charge on any atom is -0.618 e. The van der Waals surface area contributed by atoms with Crippen LogP contribution < -0.4 is 4.73 Å². The van der Waals surface area contributed by atoms with Crippen LogP contribution in [0.1, 0.15) is 18.2 Å². The van der Waals surface area contributed by atoms with E-state index in [0.29, 0.717) is 5.69 Å². The first kappa shape index (κ1) is 7.79. The summed E-state index contributed by atoms with van der Waals surface area (Å²) in [6, 6.07) is 3.71. The van der Waals surface area contributed by atoms with Crippen molar-refractivity contribution in [2.24, 2.45) is 0 Å². The van der Waals surface area contributed by atoms with Crippen LogP contribution in [0.25, 0.3) is 6.08 Å². The van der Waals surface area contributed by atoms with E-state index in [0.717, 1.165) is 16.7 Å².